The van der Waals surface area contributed by atoms with Gasteiger partial charge in [0.25, 0.3) is 0 Å². The lowest BCUT2D eigenvalue weighted by Gasteiger charge is -2.01. The van der Waals surface area contributed by atoms with Gasteiger partial charge < -0.3 is 0 Å². The molecule has 0 aromatic rings. The summed E-state index contributed by atoms with van der Waals surface area (Å²) in [4.78, 5) is 11.4. The third-order valence-electron chi connectivity index (χ3n) is 2.51. The maximum Gasteiger partial charge on any atom is 0.235 e. The van der Waals surface area contributed by atoms with Crippen LogP contribution in [0.5, 0.6) is 0 Å². The Kier molecular flexibility index (Phi) is 2.24. The first-order chi connectivity index (χ1) is 6.22. The van der Waals surface area contributed by atoms with Crippen LogP contribution in [0, 0.1) is 11.8 Å². The smallest absolute Gasteiger partial charge is 0.235 e. The van der Waals surface area contributed by atoms with E-state index >= 15 is 0 Å². The first-order valence-electron chi connectivity index (χ1n) is 4.56. The summed E-state index contributed by atoms with van der Waals surface area (Å²) in [5.74, 6) is 0.298. The number of hydrogen-bond donors (Lipinski definition) is 1. The maximum absolute atomic E-state index is 11.4. The topological polar surface area (TPSA) is 46.2 Å². The molecule has 1 N–H and O–H groups in total. The zero-order valence-corrected chi connectivity index (χ0v) is 8.18. The van der Waals surface area contributed by atoms with Gasteiger partial charge in [-0.2, -0.15) is 0 Å². The van der Waals surface area contributed by atoms with E-state index in [0.29, 0.717) is 5.92 Å². The first kappa shape index (κ1) is 8.94. The van der Waals surface area contributed by atoms with E-state index in [1.54, 1.807) is 6.08 Å². The van der Waals surface area contributed by atoms with Crippen LogP contribution in [-0.2, 0) is 15.8 Å². The summed E-state index contributed by atoms with van der Waals surface area (Å²) in [6, 6.07) is 0. The molecule has 3 nitrogen and oxygen atoms in total. The van der Waals surface area contributed by atoms with Crippen molar-refractivity contribution in [3.05, 3.63) is 12.7 Å². The second kappa shape index (κ2) is 3.25. The number of carbonyl (C=O) groups excluding carboxylic acids is 1. The van der Waals surface area contributed by atoms with E-state index in [1.807, 2.05) is 0 Å². The van der Waals surface area contributed by atoms with Crippen molar-refractivity contribution in [1.29, 1.82) is 0 Å². The Bertz CT molecular complexity index is 273. The van der Waals surface area contributed by atoms with Gasteiger partial charge in [-0.25, -0.2) is 4.21 Å². The maximum atomic E-state index is 11.4. The van der Waals surface area contributed by atoms with Crippen molar-refractivity contribution in [3.63, 3.8) is 0 Å². The largest absolute Gasteiger partial charge is 0.275 e. The zero-order chi connectivity index (χ0) is 9.42. The Labute approximate surface area is 80.2 Å². The molecule has 72 valence electrons. The second-order valence-corrected chi connectivity index (χ2v) is 5.17. The van der Waals surface area contributed by atoms with Gasteiger partial charge in [0.15, 0.2) is 0 Å². The molecule has 3 atom stereocenters. The molecule has 0 aromatic heterocycles. The third kappa shape index (κ3) is 1.99. The van der Waals surface area contributed by atoms with Crippen LogP contribution in [0.15, 0.2) is 12.7 Å². The van der Waals surface area contributed by atoms with Gasteiger partial charge in [0.1, 0.15) is 11.0 Å². The molecule has 0 spiro atoms. The Morgan fingerprint density at radius 1 is 1.54 bits per heavy atom. The monoisotopic (exact) mass is 199 g/mol. The molecule has 0 aromatic carbocycles. The third-order valence-corrected chi connectivity index (χ3v) is 3.99. The second-order valence-electron chi connectivity index (χ2n) is 3.70. The van der Waals surface area contributed by atoms with Crippen molar-refractivity contribution >= 4 is 16.9 Å². The normalized spacial score (nSPS) is 33.5. The Morgan fingerprint density at radius 3 is 2.69 bits per heavy atom. The summed E-state index contributed by atoms with van der Waals surface area (Å²) in [6.07, 6.45) is 4.65. The minimum absolute atomic E-state index is 0.0419. The predicted octanol–water partition coefficient (Wildman–Crippen LogP) is 0.751. The zero-order valence-electron chi connectivity index (χ0n) is 7.36. The fourth-order valence-electron chi connectivity index (χ4n) is 1.32. The lowest BCUT2D eigenvalue weighted by atomic mass is 10.3. The highest BCUT2D eigenvalue weighted by Gasteiger charge is 2.42. The molecule has 2 saturated carbocycles. The van der Waals surface area contributed by atoms with E-state index in [0.717, 1.165) is 19.3 Å². The molecule has 0 bridgehead atoms. The van der Waals surface area contributed by atoms with Crippen LogP contribution in [0.4, 0.5) is 0 Å². The molecule has 4 heteroatoms. The van der Waals surface area contributed by atoms with E-state index in [4.69, 9.17) is 0 Å². The van der Waals surface area contributed by atoms with Gasteiger partial charge >= 0.3 is 0 Å². The molecule has 2 fully saturated rings. The Balaban J connectivity index is 1.78. The van der Waals surface area contributed by atoms with E-state index in [2.05, 4.69) is 11.3 Å². The standard InChI is InChI=1S/C9H13NO2S/c1-2-6-5-8(6)9(11)10-13(12)7-3-4-7/h2,6-8H,1,3-5H2,(H,10,11)/t6-,8+,13?/m1/s1. The summed E-state index contributed by atoms with van der Waals surface area (Å²) in [6.45, 7) is 3.63. The highest BCUT2D eigenvalue weighted by atomic mass is 32.2. The Morgan fingerprint density at radius 2 is 2.23 bits per heavy atom. The quantitative estimate of drug-likeness (QED) is 0.679. The molecule has 2 aliphatic rings. The summed E-state index contributed by atoms with van der Waals surface area (Å²) < 4.78 is 13.8. The van der Waals surface area contributed by atoms with Crippen LogP contribution in [0.2, 0.25) is 0 Å². The van der Waals surface area contributed by atoms with Crippen LogP contribution in [0.1, 0.15) is 19.3 Å². The predicted molar refractivity (Wildman–Crippen MR) is 51.1 cm³/mol. The minimum atomic E-state index is -1.12. The average molecular weight is 199 g/mol. The van der Waals surface area contributed by atoms with E-state index in [-0.39, 0.29) is 17.1 Å². The van der Waals surface area contributed by atoms with Gasteiger partial charge in [-0.3, -0.25) is 9.52 Å². The Hall–Kier alpha value is -0.640. The number of amides is 1. The van der Waals surface area contributed by atoms with Crippen molar-refractivity contribution in [2.45, 2.75) is 24.5 Å². The van der Waals surface area contributed by atoms with Crippen molar-refractivity contribution in [2.24, 2.45) is 11.8 Å². The average Bonchev–Trinajstić information content (AvgIpc) is 2.98. The van der Waals surface area contributed by atoms with Crippen LogP contribution in [0.3, 0.4) is 0 Å². The van der Waals surface area contributed by atoms with Crippen molar-refractivity contribution in [3.8, 4) is 0 Å². The molecular formula is C9H13NO2S. The fraction of sp³-hybridized carbons (Fsp3) is 0.667. The highest BCUT2D eigenvalue weighted by molar-refractivity contribution is 7.84. The number of rotatable bonds is 4. The minimum Gasteiger partial charge on any atom is -0.275 e. The molecular weight excluding hydrogens is 186 g/mol. The van der Waals surface area contributed by atoms with E-state index < -0.39 is 11.0 Å². The van der Waals surface area contributed by atoms with Crippen LogP contribution in [-0.4, -0.2) is 15.4 Å². The number of hydrogen-bond acceptors (Lipinski definition) is 2. The van der Waals surface area contributed by atoms with Gasteiger partial charge in [0.2, 0.25) is 5.91 Å². The summed E-state index contributed by atoms with van der Waals surface area (Å²) in [7, 11) is -1.12. The van der Waals surface area contributed by atoms with Gasteiger partial charge in [-0.05, 0) is 25.2 Å². The molecule has 0 heterocycles. The molecule has 1 amide bonds. The number of carbonyl (C=O) groups is 1. The van der Waals surface area contributed by atoms with Crippen molar-refractivity contribution in [1.82, 2.24) is 4.72 Å². The lowest BCUT2D eigenvalue weighted by Crippen LogP contribution is -2.29. The molecule has 2 aliphatic carbocycles. The molecule has 0 radical (unpaired) electrons. The van der Waals surface area contributed by atoms with Crippen molar-refractivity contribution in [2.75, 3.05) is 0 Å². The molecule has 13 heavy (non-hydrogen) atoms. The first-order valence-corrected chi connectivity index (χ1v) is 5.77. The summed E-state index contributed by atoms with van der Waals surface area (Å²) in [5, 5.41) is 0.227. The number of nitrogens with one attached hydrogen (secondary N) is 1. The summed E-state index contributed by atoms with van der Waals surface area (Å²) in [5.41, 5.74) is 0. The number of allylic oxidation sites excluding steroid dienone is 1. The summed E-state index contributed by atoms with van der Waals surface area (Å²) >= 11 is 0. The van der Waals surface area contributed by atoms with Crippen LogP contribution in [0.25, 0.3) is 0 Å². The molecule has 0 aliphatic heterocycles. The SMILES string of the molecule is C=C[C@@H]1C[C@@H]1C(=O)NS(=O)C1CC1. The molecule has 0 saturated heterocycles. The lowest BCUT2D eigenvalue weighted by molar-refractivity contribution is -0.120. The highest BCUT2D eigenvalue weighted by Crippen LogP contribution is 2.39. The van der Waals surface area contributed by atoms with Gasteiger partial charge in [0, 0.05) is 5.92 Å². The van der Waals surface area contributed by atoms with E-state index in [1.165, 1.54) is 0 Å². The van der Waals surface area contributed by atoms with Gasteiger partial charge in [0.05, 0.1) is 5.25 Å². The van der Waals surface area contributed by atoms with Gasteiger partial charge in [-0.15, -0.1) is 6.58 Å². The molecule has 2 rings (SSSR count). The van der Waals surface area contributed by atoms with Gasteiger partial charge in [-0.1, -0.05) is 6.08 Å². The molecule has 1 unspecified atom stereocenters. The van der Waals surface area contributed by atoms with Crippen molar-refractivity contribution < 1.29 is 9.00 Å². The fourth-order valence-corrected chi connectivity index (χ4v) is 2.40. The van der Waals surface area contributed by atoms with Crippen LogP contribution >= 0.6 is 0 Å². The van der Waals surface area contributed by atoms with Crippen LogP contribution < -0.4 is 4.72 Å². The van der Waals surface area contributed by atoms with E-state index in [9.17, 15) is 9.00 Å².